The minimum absolute atomic E-state index is 0.0310. The second kappa shape index (κ2) is 8.78. The Labute approximate surface area is 153 Å². The van der Waals surface area contributed by atoms with E-state index in [0.717, 1.165) is 5.56 Å². The average Bonchev–Trinajstić information content (AvgIpc) is 2.64. The molecule has 1 saturated heterocycles. The number of hydrogen-bond donors (Lipinski definition) is 1. The van der Waals surface area contributed by atoms with Crippen LogP contribution in [0.25, 0.3) is 0 Å². The largest absolute Gasteiger partial charge is 0.493 e. The third-order valence-electron chi connectivity index (χ3n) is 4.71. The van der Waals surface area contributed by atoms with E-state index in [0.29, 0.717) is 43.1 Å². The van der Waals surface area contributed by atoms with Gasteiger partial charge in [0.2, 0.25) is 11.7 Å². The number of hydrogen-bond acceptors (Lipinski definition) is 5. The predicted octanol–water partition coefficient (Wildman–Crippen LogP) is 2.21. The lowest BCUT2D eigenvalue weighted by Crippen LogP contribution is -2.45. The van der Waals surface area contributed by atoms with Crippen LogP contribution in [-0.2, 0) is 16.0 Å². The molecule has 0 saturated carbocycles. The number of benzene rings is 1. The highest BCUT2D eigenvalue weighted by Gasteiger charge is 2.31. The maximum atomic E-state index is 12.6. The van der Waals surface area contributed by atoms with Crippen molar-refractivity contribution in [3.8, 4) is 17.2 Å². The fraction of sp³-hybridized carbons (Fsp3) is 0.579. The Morgan fingerprint density at radius 2 is 1.73 bits per heavy atom. The van der Waals surface area contributed by atoms with E-state index in [1.165, 1.54) is 0 Å². The summed E-state index contributed by atoms with van der Waals surface area (Å²) in [6.45, 7) is 2.88. The number of amides is 1. The van der Waals surface area contributed by atoms with Crippen LogP contribution in [0.4, 0.5) is 0 Å². The molecule has 1 aliphatic heterocycles. The number of rotatable bonds is 7. The van der Waals surface area contributed by atoms with Gasteiger partial charge in [-0.25, -0.2) is 0 Å². The van der Waals surface area contributed by atoms with E-state index < -0.39 is 11.9 Å². The third-order valence-corrected chi connectivity index (χ3v) is 4.71. The van der Waals surface area contributed by atoms with Gasteiger partial charge in [0.25, 0.3) is 0 Å². The molecule has 26 heavy (non-hydrogen) atoms. The third kappa shape index (κ3) is 4.59. The number of methoxy groups -OCH3 is 3. The normalized spacial score (nSPS) is 19.8. The Morgan fingerprint density at radius 1 is 1.12 bits per heavy atom. The van der Waals surface area contributed by atoms with Gasteiger partial charge in [-0.15, -0.1) is 0 Å². The standard InChI is InChI=1S/C19H27NO6/c1-12-7-14(19(22)23)11-20(10-12)17(21)6-5-13-8-15(24-2)18(26-4)16(9-13)25-3/h8-9,12,14H,5-7,10-11H2,1-4H3,(H,22,23). The number of likely N-dealkylation sites (tertiary alicyclic amines) is 1. The SMILES string of the molecule is COc1cc(CCC(=O)N2CC(C)CC(C(=O)O)C2)cc(OC)c1OC. The summed E-state index contributed by atoms with van der Waals surface area (Å²) in [6.07, 6.45) is 1.43. The maximum Gasteiger partial charge on any atom is 0.308 e. The number of carboxylic acid groups (broad SMARTS) is 1. The molecule has 0 aromatic heterocycles. The number of carbonyl (C=O) groups is 2. The summed E-state index contributed by atoms with van der Waals surface area (Å²) >= 11 is 0. The number of carbonyl (C=O) groups excluding carboxylic acids is 1. The highest BCUT2D eigenvalue weighted by atomic mass is 16.5. The highest BCUT2D eigenvalue weighted by Crippen LogP contribution is 2.38. The Morgan fingerprint density at radius 3 is 2.23 bits per heavy atom. The fourth-order valence-corrected chi connectivity index (χ4v) is 3.42. The number of aryl methyl sites for hydroxylation is 1. The van der Waals surface area contributed by atoms with Crippen molar-refractivity contribution in [1.82, 2.24) is 4.90 Å². The van der Waals surface area contributed by atoms with E-state index >= 15 is 0 Å². The first-order valence-corrected chi connectivity index (χ1v) is 8.69. The Hall–Kier alpha value is -2.44. The van der Waals surface area contributed by atoms with Crippen molar-refractivity contribution in [1.29, 1.82) is 0 Å². The average molecular weight is 365 g/mol. The Kier molecular flexibility index (Phi) is 6.71. The van der Waals surface area contributed by atoms with Crippen molar-refractivity contribution in [2.45, 2.75) is 26.2 Å². The fourth-order valence-electron chi connectivity index (χ4n) is 3.42. The van der Waals surface area contributed by atoms with Gasteiger partial charge < -0.3 is 24.2 Å². The van der Waals surface area contributed by atoms with Gasteiger partial charge in [0.15, 0.2) is 11.5 Å². The Balaban J connectivity index is 2.06. The summed E-state index contributed by atoms with van der Waals surface area (Å²) in [7, 11) is 4.64. The van der Waals surface area contributed by atoms with E-state index in [4.69, 9.17) is 14.2 Å². The summed E-state index contributed by atoms with van der Waals surface area (Å²) in [5, 5.41) is 9.25. The van der Waals surface area contributed by atoms with E-state index in [9.17, 15) is 14.7 Å². The van der Waals surface area contributed by atoms with Gasteiger partial charge in [0.05, 0.1) is 27.2 Å². The van der Waals surface area contributed by atoms with Crippen LogP contribution in [0.15, 0.2) is 12.1 Å². The molecule has 0 radical (unpaired) electrons. The van der Waals surface area contributed by atoms with Crippen LogP contribution in [0, 0.1) is 11.8 Å². The van der Waals surface area contributed by atoms with Crippen LogP contribution in [0.3, 0.4) is 0 Å². The minimum atomic E-state index is -0.834. The lowest BCUT2D eigenvalue weighted by Gasteiger charge is -2.34. The smallest absolute Gasteiger partial charge is 0.308 e. The molecule has 7 heteroatoms. The summed E-state index contributed by atoms with van der Waals surface area (Å²) in [5.41, 5.74) is 0.896. The molecular weight excluding hydrogens is 338 g/mol. The summed E-state index contributed by atoms with van der Waals surface area (Å²) in [4.78, 5) is 25.5. The van der Waals surface area contributed by atoms with Crippen molar-refractivity contribution in [3.63, 3.8) is 0 Å². The molecule has 1 N–H and O–H groups in total. The lowest BCUT2D eigenvalue weighted by atomic mass is 9.90. The first kappa shape index (κ1) is 19.9. The zero-order chi connectivity index (χ0) is 19.3. The van der Waals surface area contributed by atoms with Gasteiger partial charge in [0, 0.05) is 19.5 Å². The summed E-state index contributed by atoms with van der Waals surface area (Å²) in [6, 6.07) is 3.65. The molecule has 7 nitrogen and oxygen atoms in total. The molecule has 1 aromatic rings. The van der Waals surface area contributed by atoms with Gasteiger partial charge in [-0.2, -0.15) is 0 Å². The second-order valence-electron chi connectivity index (χ2n) is 6.71. The Bertz CT molecular complexity index is 634. The van der Waals surface area contributed by atoms with Gasteiger partial charge in [0.1, 0.15) is 0 Å². The number of carboxylic acids is 1. The molecule has 2 atom stereocenters. The van der Waals surface area contributed by atoms with Gasteiger partial charge >= 0.3 is 5.97 Å². The number of ether oxygens (including phenoxy) is 3. The van der Waals surface area contributed by atoms with Crippen molar-refractivity contribution in [3.05, 3.63) is 17.7 Å². The predicted molar refractivity (Wildman–Crippen MR) is 95.9 cm³/mol. The summed E-state index contributed by atoms with van der Waals surface area (Å²) < 4.78 is 16.0. The van der Waals surface area contributed by atoms with Crippen LogP contribution in [0.5, 0.6) is 17.2 Å². The molecule has 1 aliphatic rings. The van der Waals surface area contributed by atoms with E-state index in [-0.39, 0.29) is 18.4 Å². The van der Waals surface area contributed by atoms with Crippen LogP contribution >= 0.6 is 0 Å². The number of nitrogens with zero attached hydrogens (tertiary/aromatic N) is 1. The van der Waals surface area contributed by atoms with Crippen LogP contribution in [0.2, 0.25) is 0 Å². The van der Waals surface area contributed by atoms with Crippen molar-refractivity contribution in [2.24, 2.45) is 11.8 Å². The van der Waals surface area contributed by atoms with Crippen LogP contribution in [0.1, 0.15) is 25.3 Å². The highest BCUT2D eigenvalue weighted by molar-refractivity contribution is 5.78. The first-order chi connectivity index (χ1) is 12.4. The molecule has 2 rings (SSSR count). The molecule has 2 unspecified atom stereocenters. The molecule has 0 aliphatic carbocycles. The van der Waals surface area contributed by atoms with Gasteiger partial charge in [-0.3, -0.25) is 9.59 Å². The van der Waals surface area contributed by atoms with E-state index in [1.54, 1.807) is 26.2 Å². The molecule has 0 spiro atoms. The quantitative estimate of drug-likeness (QED) is 0.797. The zero-order valence-electron chi connectivity index (χ0n) is 15.8. The zero-order valence-corrected chi connectivity index (χ0v) is 15.8. The number of piperidine rings is 1. The van der Waals surface area contributed by atoms with Gasteiger partial charge in [-0.05, 0) is 36.5 Å². The van der Waals surface area contributed by atoms with Crippen LogP contribution in [-0.4, -0.2) is 56.3 Å². The lowest BCUT2D eigenvalue weighted by molar-refractivity contribution is -0.146. The van der Waals surface area contributed by atoms with E-state index in [2.05, 4.69) is 0 Å². The van der Waals surface area contributed by atoms with Gasteiger partial charge in [-0.1, -0.05) is 6.92 Å². The molecule has 1 heterocycles. The molecule has 0 bridgehead atoms. The molecule has 1 aromatic carbocycles. The van der Waals surface area contributed by atoms with E-state index in [1.807, 2.05) is 19.1 Å². The summed E-state index contributed by atoms with van der Waals surface area (Å²) in [5.74, 6) is 0.451. The minimum Gasteiger partial charge on any atom is -0.493 e. The van der Waals surface area contributed by atoms with Crippen molar-refractivity contribution in [2.75, 3.05) is 34.4 Å². The first-order valence-electron chi connectivity index (χ1n) is 8.69. The second-order valence-corrected chi connectivity index (χ2v) is 6.71. The number of aliphatic carboxylic acids is 1. The van der Waals surface area contributed by atoms with Crippen molar-refractivity contribution < 1.29 is 28.9 Å². The van der Waals surface area contributed by atoms with Crippen molar-refractivity contribution >= 4 is 11.9 Å². The molecule has 1 fully saturated rings. The van der Waals surface area contributed by atoms with Crippen LogP contribution < -0.4 is 14.2 Å². The molecular formula is C19H27NO6. The monoisotopic (exact) mass is 365 g/mol. The maximum absolute atomic E-state index is 12.6. The topological polar surface area (TPSA) is 85.3 Å². The molecule has 1 amide bonds. The molecule has 144 valence electrons.